The van der Waals surface area contributed by atoms with Crippen molar-refractivity contribution in [1.29, 1.82) is 0 Å². The van der Waals surface area contributed by atoms with E-state index >= 15 is 0 Å². The zero-order valence-corrected chi connectivity index (χ0v) is 11.7. The summed E-state index contributed by atoms with van der Waals surface area (Å²) >= 11 is 0. The van der Waals surface area contributed by atoms with Crippen LogP contribution in [-0.2, 0) is 11.8 Å². The van der Waals surface area contributed by atoms with Gasteiger partial charge in [-0.2, -0.15) is 0 Å². The van der Waals surface area contributed by atoms with Crippen molar-refractivity contribution in [2.45, 2.75) is 26.9 Å². The number of rotatable bonds is 3. The van der Waals surface area contributed by atoms with Crippen molar-refractivity contribution in [2.24, 2.45) is 7.05 Å². The smallest absolute Gasteiger partial charge is 0.178 e. The quantitative estimate of drug-likeness (QED) is 0.763. The minimum absolute atomic E-state index is 0.213. The lowest BCUT2D eigenvalue weighted by Crippen LogP contribution is -2.43. The number of hydrogen-bond acceptors (Lipinski definition) is 3. The van der Waals surface area contributed by atoms with Gasteiger partial charge in [0.1, 0.15) is 0 Å². The Bertz CT molecular complexity index is 451. The summed E-state index contributed by atoms with van der Waals surface area (Å²) in [6.45, 7) is 8.99. The van der Waals surface area contributed by atoms with Crippen LogP contribution in [0.15, 0.2) is 6.07 Å². The highest BCUT2D eigenvalue weighted by Crippen LogP contribution is 2.15. The summed E-state index contributed by atoms with van der Waals surface area (Å²) in [5.41, 5.74) is 3.04. The Morgan fingerprint density at radius 1 is 1.50 bits per heavy atom. The number of carbonyl (C=O) groups is 1. The van der Waals surface area contributed by atoms with E-state index in [0.29, 0.717) is 6.54 Å². The van der Waals surface area contributed by atoms with Gasteiger partial charge < -0.3 is 9.30 Å². The molecule has 1 aromatic rings. The topological polar surface area (TPSA) is 34.5 Å². The molecule has 2 heterocycles. The molecule has 0 amide bonds. The van der Waals surface area contributed by atoms with Crippen LogP contribution >= 0.6 is 0 Å². The van der Waals surface area contributed by atoms with Gasteiger partial charge in [-0.05, 0) is 26.8 Å². The fourth-order valence-electron chi connectivity index (χ4n) is 2.46. The van der Waals surface area contributed by atoms with Gasteiger partial charge in [0, 0.05) is 37.1 Å². The van der Waals surface area contributed by atoms with E-state index in [1.807, 2.05) is 27.0 Å². The summed E-state index contributed by atoms with van der Waals surface area (Å²) in [6, 6.07) is 1.99. The largest absolute Gasteiger partial charge is 0.376 e. The molecule has 1 atom stereocenters. The van der Waals surface area contributed by atoms with Crippen LogP contribution in [0.3, 0.4) is 0 Å². The maximum absolute atomic E-state index is 12.3. The molecular formula is C14H22N2O2. The van der Waals surface area contributed by atoms with Crippen molar-refractivity contribution >= 4 is 5.78 Å². The number of ketones is 1. The van der Waals surface area contributed by atoms with E-state index < -0.39 is 0 Å². The van der Waals surface area contributed by atoms with E-state index in [1.54, 1.807) is 0 Å². The molecule has 0 N–H and O–H groups in total. The second-order valence-electron chi connectivity index (χ2n) is 5.18. The molecule has 0 radical (unpaired) electrons. The van der Waals surface area contributed by atoms with Gasteiger partial charge in [-0.15, -0.1) is 0 Å². The summed E-state index contributed by atoms with van der Waals surface area (Å²) in [7, 11) is 2.00. The minimum atomic E-state index is 0.213. The lowest BCUT2D eigenvalue weighted by atomic mass is 10.1. The normalized spacial score (nSPS) is 21.2. The summed E-state index contributed by atoms with van der Waals surface area (Å²) in [5, 5.41) is 0. The van der Waals surface area contributed by atoms with Gasteiger partial charge in [-0.25, -0.2) is 0 Å². The molecule has 100 valence electrons. The first kappa shape index (κ1) is 13.3. The SMILES string of the molecule is Cc1cc(C(=O)CN2CCOC(C)C2)c(C)n1C. The molecule has 0 aliphatic carbocycles. The van der Waals surface area contributed by atoms with Gasteiger partial charge in [0.05, 0.1) is 19.3 Å². The first-order chi connectivity index (χ1) is 8.49. The van der Waals surface area contributed by atoms with Crippen LogP contribution in [-0.4, -0.2) is 47.6 Å². The maximum Gasteiger partial charge on any atom is 0.178 e. The Kier molecular flexibility index (Phi) is 3.88. The highest BCUT2D eigenvalue weighted by atomic mass is 16.5. The summed E-state index contributed by atoms with van der Waals surface area (Å²) < 4.78 is 7.55. The molecule has 1 saturated heterocycles. The average Bonchev–Trinajstić information content (AvgIpc) is 2.57. The molecule has 2 rings (SSSR count). The van der Waals surface area contributed by atoms with Gasteiger partial charge in [0.15, 0.2) is 5.78 Å². The highest BCUT2D eigenvalue weighted by Gasteiger charge is 2.21. The van der Waals surface area contributed by atoms with Gasteiger partial charge >= 0.3 is 0 Å². The number of ether oxygens (including phenoxy) is 1. The third-order valence-corrected chi connectivity index (χ3v) is 3.77. The van der Waals surface area contributed by atoms with Crippen molar-refractivity contribution in [2.75, 3.05) is 26.2 Å². The van der Waals surface area contributed by atoms with Crippen molar-refractivity contribution in [1.82, 2.24) is 9.47 Å². The predicted octanol–water partition coefficient (Wildman–Crippen LogP) is 1.55. The fourth-order valence-corrected chi connectivity index (χ4v) is 2.46. The molecule has 0 spiro atoms. The van der Waals surface area contributed by atoms with Gasteiger partial charge in [-0.1, -0.05) is 0 Å². The van der Waals surface area contributed by atoms with Crippen molar-refractivity contribution in [3.63, 3.8) is 0 Å². The summed E-state index contributed by atoms with van der Waals surface area (Å²) in [6.07, 6.45) is 0.227. The number of aromatic nitrogens is 1. The third kappa shape index (κ3) is 2.65. The van der Waals surface area contributed by atoms with Crippen molar-refractivity contribution in [3.05, 3.63) is 23.0 Å². The second kappa shape index (κ2) is 5.24. The Hall–Kier alpha value is -1.13. The first-order valence-electron chi connectivity index (χ1n) is 6.49. The van der Waals surface area contributed by atoms with Crippen LogP contribution in [0.1, 0.15) is 28.7 Å². The van der Waals surface area contributed by atoms with Crippen LogP contribution < -0.4 is 0 Å². The molecule has 4 nitrogen and oxygen atoms in total. The monoisotopic (exact) mass is 250 g/mol. The molecular weight excluding hydrogens is 228 g/mol. The number of hydrogen-bond donors (Lipinski definition) is 0. The Labute approximate surface area is 109 Å². The summed E-state index contributed by atoms with van der Waals surface area (Å²) in [4.78, 5) is 14.5. The van der Waals surface area contributed by atoms with E-state index in [1.165, 1.54) is 0 Å². The van der Waals surface area contributed by atoms with Crippen LogP contribution in [0.2, 0.25) is 0 Å². The van der Waals surface area contributed by atoms with Crippen molar-refractivity contribution in [3.8, 4) is 0 Å². The summed E-state index contributed by atoms with van der Waals surface area (Å²) in [5.74, 6) is 0.213. The molecule has 1 aromatic heterocycles. The van der Waals surface area contributed by atoms with Gasteiger partial charge in [0.25, 0.3) is 0 Å². The number of Topliss-reactive ketones (excluding diaryl/α,β-unsaturated/α-hetero) is 1. The van der Waals surface area contributed by atoms with Crippen LogP contribution in [0.4, 0.5) is 0 Å². The van der Waals surface area contributed by atoms with E-state index in [0.717, 1.165) is 36.6 Å². The van der Waals surface area contributed by atoms with E-state index in [-0.39, 0.29) is 11.9 Å². The van der Waals surface area contributed by atoms with E-state index in [2.05, 4.69) is 16.4 Å². The Balaban J connectivity index is 2.05. The predicted molar refractivity (Wildman–Crippen MR) is 71.1 cm³/mol. The number of nitrogens with zero attached hydrogens (tertiary/aromatic N) is 2. The molecule has 1 unspecified atom stereocenters. The van der Waals surface area contributed by atoms with Crippen LogP contribution in [0.5, 0.6) is 0 Å². The fraction of sp³-hybridized carbons (Fsp3) is 0.643. The minimum Gasteiger partial charge on any atom is -0.376 e. The number of aryl methyl sites for hydroxylation is 1. The molecule has 0 saturated carbocycles. The third-order valence-electron chi connectivity index (χ3n) is 3.77. The number of carbonyl (C=O) groups excluding carboxylic acids is 1. The second-order valence-corrected chi connectivity index (χ2v) is 5.18. The molecule has 1 fully saturated rings. The lowest BCUT2D eigenvalue weighted by molar-refractivity contribution is -0.0158. The van der Waals surface area contributed by atoms with E-state index in [4.69, 9.17) is 4.74 Å². The van der Waals surface area contributed by atoms with Crippen LogP contribution in [0, 0.1) is 13.8 Å². The average molecular weight is 250 g/mol. The zero-order valence-electron chi connectivity index (χ0n) is 11.7. The number of morpholine rings is 1. The molecule has 0 bridgehead atoms. The maximum atomic E-state index is 12.3. The Morgan fingerprint density at radius 3 is 2.78 bits per heavy atom. The standard InChI is InChI=1S/C14H22N2O2/c1-10-7-13(12(3)15(10)4)14(17)9-16-5-6-18-11(2)8-16/h7,11H,5-6,8-9H2,1-4H3. The van der Waals surface area contributed by atoms with Gasteiger partial charge in [-0.3, -0.25) is 9.69 Å². The molecule has 18 heavy (non-hydrogen) atoms. The Morgan fingerprint density at radius 2 is 2.22 bits per heavy atom. The van der Waals surface area contributed by atoms with Gasteiger partial charge in [0.2, 0.25) is 0 Å². The molecule has 1 aliphatic heterocycles. The lowest BCUT2D eigenvalue weighted by Gasteiger charge is -2.30. The molecule has 1 aliphatic rings. The first-order valence-corrected chi connectivity index (χ1v) is 6.49. The van der Waals surface area contributed by atoms with Crippen molar-refractivity contribution < 1.29 is 9.53 Å². The van der Waals surface area contributed by atoms with E-state index in [9.17, 15) is 4.79 Å². The van der Waals surface area contributed by atoms with Crippen LogP contribution in [0.25, 0.3) is 0 Å². The molecule has 4 heteroatoms. The highest BCUT2D eigenvalue weighted by molar-refractivity contribution is 5.99. The molecule has 0 aromatic carbocycles. The zero-order chi connectivity index (χ0) is 13.3.